The van der Waals surface area contributed by atoms with Gasteiger partial charge in [0.05, 0.1) is 9.85 Å². The number of ether oxygens (including phenoxy) is 2. The Balaban J connectivity index is 0.941. The molecule has 0 aromatic heterocycles. The van der Waals surface area contributed by atoms with Crippen LogP contribution in [0.15, 0.2) is 97.1 Å². The van der Waals surface area contributed by atoms with Crippen molar-refractivity contribution in [1.29, 1.82) is 0 Å². The summed E-state index contributed by atoms with van der Waals surface area (Å²) in [5.74, 6) is 2.54. The monoisotopic (exact) mass is 626 g/mol. The molecule has 242 valence electrons. The number of unbranched alkanes of at least 4 members (excludes halogenated alkanes) is 7. The Morgan fingerprint density at radius 2 is 0.717 bits per heavy atom. The van der Waals surface area contributed by atoms with E-state index in [1.54, 1.807) is 24.3 Å². The number of non-ortho nitro benzene ring substituents is 2. The van der Waals surface area contributed by atoms with E-state index >= 15 is 0 Å². The van der Waals surface area contributed by atoms with E-state index in [2.05, 4.69) is 10.6 Å². The third kappa shape index (κ3) is 12.3. The highest BCUT2D eigenvalue weighted by Crippen LogP contribution is 2.25. The molecule has 0 unspecified atom stereocenters. The van der Waals surface area contributed by atoms with Gasteiger partial charge in [0.2, 0.25) is 0 Å². The van der Waals surface area contributed by atoms with Crippen molar-refractivity contribution >= 4 is 11.4 Å². The maximum Gasteiger partial charge on any atom is 0.269 e. The van der Waals surface area contributed by atoms with Gasteiger partial charge in [-0.05, 0) is 85.6 Å². The van der Waals surface area contributed by atoms with Gasteiger partial charge in [0, 0.05) is 37.4 Å². The lowest BCUT2D eigenvalue weighted by Crippen LogP contribution is -2.14. The van der Waals surface area contributed by atoms with Gasteiger partial charge in [-0.15, -0.1) is 0 Å². The number of nitrogens with zero attached hydrogens (tertiary/aromatic N) is 2. The minimum Gasteiger partial charge on any atom is -0.457 e. The Morgan fingerprint density at radius 1 is 0.435 bits per heavy atom. The largest absolute Gasteiger partial charge is 0.457 e. The van der Waals surface area contributed by atoms with Gasteiger partial charge in [0.1, 0.15) is 23.0 Å². The van der Waals surface area contributed by atoms with Crippen LogP contribution < -0.4 is 20.1 Å². The minimum atomic E-state index is -0.425. The van der Waals surface area contributed by atoms with Crippen LogP contribution in [0.25, 0.3) is 0 Å². The topological polar surface area (TPSA) is 129 Å². The summed E-state index contributed by atoms with van der Waals surface area (Å²) in [4.78, 5) is 20.7. The first-order chi connectivity index (χ1) is 22.5. The zero-order chi connectivity index (χ0) is 32.4. The molecule has 0 heterocycles. The SMILES string of the molecule is O=[N+]([O-])c1ccc(Oc2ccc(CNCCCCCCCCCCNCc3ccc(Oc4ccc([N+](=O)[O-])cc4)cc3)cc2)cc1. The smallest absolute Gasteiger partial charge is 0.269 e. The zero-order valence-corrected chi connectivity index (χ0v) is 26.1. The second-order valence-corrected chi connectivity index (χ2v) is 11.2. The summed E-state index contributed by atoms with van der Waals surface area (Å²) in [6, 6.07) is 27.9. The van der Waals surface area contributed by atoms with E-state index in [0.717, 1.165) is 26.2 Å². The molecule has 0 amide bonds. The van der Waals surface area contributed by atoms with Gasteiger partial charge in [-0.3, -0.25) is 20.2 Å². The first-order valence-electron chi connectivity index (χ1n) is 15.9. The van der Waals surface area contributed by atoms with Crippen LogP contribution in [0, 0.1) is 20.2 Å². The highest BCUT2D eigenvalue weighted by atomic mass is 16.6. The first-order valence-corrected chi connectivity index (χ1v) is 15.9. The molecule has 4 aromatic carbocycles. The molecule has 4 aromatic rings. The molecule has 0 bridgehead atoms. The maximum absolute atomic E-state index is 10.8. The third-order valence-corrected chi connectivity index (χ3v) is 7.53. The maximum atomic E-state index is 10.8. The quantitative estimate of drug-likeness (QED) is 0.0532. The van der Waals surface area contributed by atoms with E-state index in [1.807, 2.05) is 48.5 Å². The van der Waals surface area contributed by atoms with Crippen LogP contribution in [0.1, 0.15) is 62.5 Å². The van der Waals surface area contributed by atoms with Gasteiger partial charge >= 0.3 is 0 Å². The van der Waals surface area contributed by atoms with Crippen LogP contribution in [-0.2, 0) is 13.1 Å². The molecule has 0 saturated heterocycles. The van der Waals surface area contributed by atoms with Gasteiger partial charge in [-0.2, -0.15) is 0 Å². The average Bonchev–Trinajstić information content (AvgIpc) is 3.07. The highest BCUT2D eigenvalue weighted by molar-refractivity contribution is 5.40. The van der Waals surface area contributed by atoms with Gasteiger partial charge < -0.3 is 20.1 Å². The number of benzene rings is 4. The molecule has 0 aliphatic carbocycles. The molecule has 46 heavy (non-hydrogen) atoms. The normalized spacial score (nSPS) is 10.9. The van der Waals surface area contributed by atoms with Crippen molar-refractivity contribution in [1.82, 2.24) is 10.6 Å². The Labute approximate surface area is 270 Å². The van der Waals surface area contributed by atoms with Crippen molar-refractivity contribution in [3.05, 3.63) is 128 Å². The molecular formula is C36H42N4O6. The summed E-state index contributed by atoms with van der Waals surface area (Å²) < 4.78 is 11.5. The van der Waals surface area contributed by atoms with Crippen LogP contribution in [-0.4, -0.2) is 22.9 Å². The van der Waals surface area contributed by atoms with E-state index in [9.17, 15) is 20.2 Å². The fourth-order valence-electron chi connectivity index (χ4n) is 4.92. The lowest BCUT2D eigenvalue weighted by Gasteiger charge is -2.08. The van der Waals surface area contributed by atoms with E-state index < -0.39 is 9.85 Å². The third-order valence-electron chi connectivity index (χ3n) is 7.53. The molecule has 0 saturated carbocycles. The molecule has 4 rings (SSSR count). The summed E-state index contributed by atoms with van der Waals surface area (Å²) in [5.41, 5.74) is 2.47. The average molecular weight is 627 g/mol. The standard InChI is InChI=1S/C36H42N4O6/c41-39(42)31-13-21-35(22-14-31)45-33-17-9-29(10-18-33)27-37-25-7-5-3-1-2-4-6-8-26-38-28-30-11-19-34(20-12-30)46-36-23-15-32(16-24-36)40(43)44/h9-24,37-38H,1-8,25-28H2. The fourth-order valence-corrected chi connectivity index (χ4v) is 4.92. The number of nitrogens with one attached hydrogen (secondary N) is 2. The van der Waals surface area contributed by atoms with Crippen LogP contribution in [0.3, 0.4) is 0 Å². The predicted molar refractivity (Wildman–Crippen MR) is 180 cm³/mol. The lowest BCUT2D eigenvalue weighted by atomic mass is 10.1. The molecule has 0 radical (unpaired) electrons. The van der Waals surface area contributed by atoms with Crippen molar-refractivity contribution < 1.29 is 19.3 Å². The molecule has 2 N–H and O–H groups in total. The Kier molecular flexibility index (Phi) is 14.0. The van der Waals surface area contributed by atoms with E-state index in [-0.39, 0.29) is 11.4 Å². The van der Waals surface area contributed by atoms with Gasteiger partial charge in [-0.1, -0.05) is 62.8 Å². The molecule has 10 heteroatoms. The molecule has 0 aliphatic heterocycles. The van der Waals surface area contributed by atoms with Crippen LogP contribution >= 0.6 is 0 Å². The number of nitro groups is 2. The number of nitro benzene ring substituents is 2. The number of hydrogen-bond donors (Lipinski definition) is 2. The Hall–Kier alpha value is -4.80. The zero-order valence-electron chi connectivity index (χ0n) is 26.1. The number of rotatable bonds is 21. The van der Waals surface area contributed by atoms with Crippen molar-refractivity contribution in [3.8, 4) is 23.0 Å². The second-order valence-electron chi connectivity index (χ2n) is 11.2. The number of hydrogen-bond acceptors (Lipinski definition) is 8. The van der Waals surface area contributed by atoms with Gasteiger partial charge in [0.15, 0.2) is 0 Å². The molecule has 0 fully saturated rings. The van der Waals surface area contributed by atoms with Gasteiger partial charge in [0.25, 0.3) is 11.4 Å². The van der Waals surface area contributed by atoms with Crippen molar-refractivity contribution in [2.75, 3.05) is 13.1 Å². The highest BCUT2D eigenvalue weighted by Gasteiger charge is 2.07. The van der Waals surface area contributed by atoms with Gasteiger partial charge in [-0.25, -0.2) is 0 Å². The van der Waals surface area contributed by atoms with Crippen molar-refractivity contribution in [2.45, 2.75) is 64.5 Å². The molecular weight excluding hydrogens is 584 g/mol. The predicted octanol–water partition coefficient (Wildman–Crippen LogP) is 9.09. The van der Waals surface area contributed by atoms with E-state index in [0.29, 0.717) is 23.0 Å². The molecule has 0 aliphatic rings. The molecule has 10 nitrogen and oxygen atoms in total. The van der Waals surface area contributed by atoms with Crippen molar-refractivity contribution in [3.63, 3.8) is 0 Å². The van der Waals surface area contributed by atoms with Crippen LogP contribution in [0.2, 0.25) is 0 Å². The summed E-state index contributed by atoms with van der Waals surface area (Å²) in [5, 5.41) is 28.6. The summed E-state index contributed by atoms with van der Waals surface area (Å²) in [7, 11) is 0. The second kappa shape index (κ2) is 18.9. The Bertz CT molecular complexity index is 1360. The minimum absolute atomic E-state index is 0.0448. The van der Waals surface area contributed by atoms with Crippen LogP contribution in [0.5, 0.6) is 23.0 Å². The molecule has 0 spiro atoms. The fraction of sp³-hybridized carbons (Fsp3) is 0.333. The van der Waals surface area contributed by atoms with Crippen molar-refractivity contribution in [2.24, 2.45) is 0 Å². The lowest BCUT2D eigenvalue weighted by molar-refractivity contribution is -0.385. The first kappa shape index (κ1) is 34.1. The van der Waals surface area contributed by atoms with Crippen LogP contribution in [0.4, 0.5) is 11.4 Å². The summed E-state index contributed by atoms with van der Waals surface area (Å²) in [6.45, 7) is 3.64. The van der Waals surface area contributed by atoms with E-state index in [1.165, 1.54) is 86.8 Å². The summed E-state index contributed by atoms with van der Waals surface area (Å²) in [6.07, 6.45) is 9.97. The summed E-state index contributed by atoms with van der Waals surface area (Å²) >= 11 is 0. The Morgan fingerprint density at radius 3 is 1.02 bits per heavy atom. The van der Waals surface area contributed by atoms with E-state index in [4.69, 9.17) is 9.47 Å². The molecule has 0 atom stereocenters.